The number of halogens is 1. The van der Waals surface area contributed by atoms with Crippen LogP contribution in [0, 0.1) is 0 Å². The molecule has 4 rings (SSSR count). The zero-order valence-corrected chi connectivity index (χ0v) is 19.8. The quantitative estimate of drug-likeness (QED) is 0.431. The minimum absolute atomic E-state index is 0.0599. The van der Waals surface area contributed by atoms with Crippen molar-refractivity contribution in [1.29, 1.82) is 0 Å². The van der Waals surface area contributed by atoms with Crippen LogP contribution in [0.2, 0.25) is 0 Å². The van der Waals surface area contributed by atoms with E-state index in [4.69, 9.17) is 10.5 Å². The molecule has 1 aliphatic carbocycles. The van der Waals surface area contributed by atoms with Gasteiger partial charge in [0.15, 0.2) is 5.78 Å². The molecule has 0 radical (unpaired) electrons. The normalized spacial score (nSPS) is 17.8. The Labute approximate surface area is 202 Å². The Morgan fingerprint density at radius 1 is 0.939 bits per heavy atom. The van der Waals surface area contributed by atoms with E-state index in [2.05, 4.69) is 21.2 Å². The molecule has 0 saturated heterocycles. The number of rotatable bonds is 9. The summed E-state index contributed by atoms with van der Waals surface area (Å²) in [6.07, 6.45) is 1.05. The average molecular weight is 507 g/mol. The maximum atomic E-state index is 13.2. The van der Waals surface area contributed by atoms with Crippen molar-refractivity contribution < 1.29 is 14.3 Å². The van der Waals surface area contributed by atoms with Gasteiger partial charge in [0.05, 0.1) is 6.04 Å². The molecule has 3 atom stereocenters. The van der Waals surface area contributed by atoms with Gasteiger partial charge in [-0.1, -0.05) is 82.7 Å². The largest absolute Gasteiger partial charge is 0.445 e. The lowest BCUT2D eigenvalue weighted by molar-refractivity contribution is -0.120. The van der Waals surface area contributed by atoms with Gasteiger partial charge in [-0.3, -0.25) is 4.79 Å². The van der Waals surface area contributed by atoms with Crippen LogP contribution in [-0.2, 0) is 29.0 Å². The molecule has 1 saturated carbocycles. The molecule has 1 aliphatic rings. The summed E-state index contributed by atoms with van der Waals surface area (Å²) < 4.78 is 6.32. The summed E-state index contributed by atoms with van der Waals surface area (Å²) >= 11 is 3.39. The third kappa shape index (κ3) is 6.76. The number of ketones is 1. The number of alkyl carbamates (subject to hydrolysis) is 1. The Hall–Kier alpha value is -2.96. The van der Waals surface area contributed by atoms with Crippen LogP contribution in [0.25, 0.3) is 0 Å². The fraction of sp³-hybridized carbons (Fsp3) is 0.259. The van der Waals surface area contributed by atoms with Crippen LogP contribution in [0.5, 0.6) is 0 Å². The van der Waals surface area contributed by atoms with Crippen molar-refractivity contribution in [3.05, 3.63) is 106 Å². The molecule has 1 fully saturated rings. The zero-order valence-electron chi connectivity index (χ0n) is 18.2. The molecule has 0 aliphatic heterocycles. The van der Waals surface area contributed by atoms with E-state index in [1.54, 1.807) is 0 Å². The van der Waals surface area contributed by atoms with Crippen LogP contribution in [0.3, 0.4) is 0 Å². The van der Waals surface area contributed by atoms with Crippen LogP contribution in [0.4, 0.5) is 4.79 Å². The minimum Gasteiger partial charge on any atom is -0.445 e. The van der Waals surface area contributed by atoms with Gasteiger partial charge >= 0.3 is 6.09 Å². The lowest BCUT2D eigenvalue weighted by Gasteiger charge is -2.18. The summed E-state index contributed by atoms with van der Waals surface area (Å²) in [5.41, 5.74) is 9.92. The topological polar surface area (TPSA) is 81.4 Å². The first-order valence-corrected chi connectivity index (χ1v) is 11.9. The highest BCUT2D eigenvalue weighted by molar-refractivity contribution is 9.10. The molecule has 3 unspecified atom stereocenters. The molecule has 0 heterocycles. The second-order valence-electron chi connectivity index (χ2n) is 8.48. The Kier molecular flexibility index (Phi) is 7.57. The number of hydrogen-bond acceptors (Lipinski definition) is 4. The molecule has 3 aromatic rings. The third-order valence-corrected chi connectivity index (χ3v) is 6.40. The van der Waals surface area contributed by atoms with Crippen molar-refractivity contribution in [3.63, 3.8) is 0 Å². The molecule has 5 nitrogen and oxygen atoms in total. The van der Waals surface area contributed by atoms with Crippen molar-refractivity contribution in [2.45, 2.75) is 43.9 Å². The van der Waals surface area contributed by atoms with Crippen molar-refractivity contribution in [2.75, 3.05) is 0 Å². The Morgan fingerprint density at radius 2 is 1.58 bits per heavy atom. The van der Waals surface area contributed by atoms with E-state index in [1.165, 1.54) is 5.56 Å². The van der Waals surface area contributed by atoms with E-state index in [0.29, 0.717) is 12.3 Å². The number of nitrogens with two attached hydrogens (primary N) is 1. The van der Waals surface area contributed by atoms with Crippen LogP contribution >= 0.6 is 15.9 Å². The molecule has 3 N–H and O–H groups in total. The summed E-state index contributed by atoms with van der Waals surface area (Å²) in [7, 11) is 0. The van der Waals surface area contributed by atoms with Crippen molar-refractivity contribution in [1.82, 2.24) is 5.32 Å². The number of benzene rings is 3. The first-order chi connectivity index (χ1) is 16.0. The predicted octanol–water partition coefficient (Wildman–Crippen LogP) is 4.91. The highest BCUT2D eigenvalue weighted by Crippen LogP contribution is 2.38. The minimum atomic E-state index is -0.679. The van der Waals surface area contributed by atoms with Gasteiger partial charge in [-0.2, -0.15) is 0 Å². The number of amides is 1. The van der Waals surface area contributed by atoms with Crippen molar-refractivity contribution >= 4 is 27.8 Å². The summed E-state index contributed by atoms with van der Waals surface area (Å²) in [5.74, 6) is 0.373. The Balaban J connectivity index is 1.39. The maximum Gasteiger partial charge on any atom is 0.408 e. The molecule has 0 bridgehead atoms. The van der Waals surface area contributed by atoms with Gasteiger partial charge in [0.2, 0.25) is 0 Å². The molecule has 33 heavy (non-hydrogen) atoms. The number of carbonyl (C=O) groups excluding carboxylic acids is 2. The molecular formula is C27H27BrN2O3. The molecule has 3 aromatic carbocycles. The number of nitrogens with one attached hydrogen (secondary N) is 1. The van der Waals surface area contributed by atoms with E-state index in [9.17, 15) is 9.59 Å². The third-order valence-electron chi connectivity index (χ3n) is 5.87. The van der Waals surface area contributed by atoms with Crippen LogP contribution < -0.4 is 11.1 Å². The van der Waals surface area contributed by atoms with Gasteiger partial charge in [-0.05, 0) is 47.2 Å². The van der Waals surface area contributed by atoms with Crippen LogP contribution in [-0.4, -0.2) is 24.0 Å². The van der Waals surface area contributed by atoms with E-state index in [1.807, 2.05) is 78.9 Å². The second kappa shape index (κ2) is 10.8. The highest BCUT2D eigenvalue weighted by Gasteiger charge is 2.34. The van der Waals surface area contributed by atoms with Crippen molar-refractivity contribution in [3.8, 4) is 0 Å². The molecular weight excluding hydrogens is 480 g/mol. The molecule has 0 aromatic heterocycles. The van der Waals surface area contributed by atoms with Gasteiger partial charge in [-0.25, -0.2) is 4.79 Å². The lowest BCUT2D eigenvalue weighted by Crippen LogP contribution is -2.43. The fourth-order valence-electron chi connectivity index (χ4n) is 3.81. The van der Waals surface area contributed by atoms with Crippen LogP contribution in [0.1, 0.15) is 34.6 Å². The van der Waals surface area contributed by atoms with Gasteiger partial charge in [0.1, 0.15) is 6.61 Å². The highest BCUT2D eigenvalue weighted by atomic mass is 79.9. The van der Waals surface area contributed by atoms with E-state index in [-0.39, 0.29) is 24.9 Å². The van der Waals surface area contributed by atoms with Gasteiger partial charge in [0.25, 0.3) is 0 Å². The standard InChI is InChI=1S/C27H27BrN2O3/c28-22-12-8-20(9-13-22)17-33-27(32)30-25(14-18-4-2-1-3-5-18)26(31)15-19-6-10-21(11-7-19)23-16-24(23)29/h1-13,23-25H,14-17,29H2,(H,30,32). The zero-order chi connectivity index (χ0) is 23.2. The average Bonchev–Trinajstić information content (AvgIpc) is 3.56. The van der Waals surface area contributed by atoms with Gasteiger partial charge in [-0.15, -0.1) is 0 Å². The summed E-state index contributed by atoms with van der Waals surface area (Å²) in [6, 6.07) is 24.8. The molecule has 1 amide bonds. The summed E-state index contributed by atoms with van der Waals surface area (Å²) in [6.45, 7) is 0.135. The van der Waals surface area contributed by atoms with E-state index >= 15 is 0 Å². The van der Waals surface area contributed by atoms with E-state index < -0.39 is 12.1 Å². The first kappa shape index (κ1) is 23.2. The van der Waals surface area contributed by atoms with Crippen LogP contribution in [0.15, 0.2) is 83.3 Å². The number of carbonyl (C=O) groups is 2. The number of ether oxygens (including phenoxy) is 1. The lowest BCUT2D eigenvalue weighted by atomic mass is 9.97. The predicted molar refractivity (Wildman–Crippen MR) is 132 cm³/mol. The monoisotopic (exact) mass is 506 g/mol. The number of Topliss-reactive ketones (excluding diaryl/α,β-unsaturated/α-hetero) is 1. The smallest absolute Gasteiger partial charge is 0.408 e. The molecule has 170 valence electrons. The second-order valence-corrected chi connectivity index (χ2v) is 9.40. The molecule has 6 heteroatoms. The first-order valence-electron chi connectivity index (χ1n) is 11.1. The maximum absolute atomic E-state index is 13.2. The Morgan fingerprint density at radius 3 is 2.21 bits per heavy atom. The number of hydrogen-bond donors (Lipinski definition) is 2. The molecule has 0 spiro atoms. The van der Waals surface area contributed by atoms with E-state index in [0.717, 1.165) is 27.6 Å². The summed E-state index contributed by atoms with van der Waals surface area (Å²) in [5, 5.41) is 2.78. The van der Waals surface area contributed by atoms with Crippen molar-refractivity contribution in [2.24, 2.45) is 5.73 Å². The Bertz CT molecular complexity index is 1080. The summed E-state index contributed by atoms with van der Waals surface area (Å²) in [4.78, 5) is 25.6. The van der Waals surface area contributed by atoms with Gasteiger partial charge in [0, 0.05) is 22.9 Å². The van der Waals surface area contributed by atoms with Gasteiger partial charge < -0.3 is 15.8 Å². The fourth-order valence-corrected chi connectivity index (χ4v) is 4.08. The SMILES string of the molecule is NC1CC1c1ccc(CC(=O)C(Cc2ccccc2)NC(=O)OCc2ccc(Br)cc2)cc1.